The second-order valence-electron chi connectivity index (χ2n) is 3.80. The van der Waals surface area contributed by atoms with Crippen molar-refractivity contribution >= 4 is 5.57 Å². The van der Waals surface area contributed by atoms with Gasteiger partial charge in [0, 0.05) is 0 Å². The van der Waals surface area contributed by atoms with E-state index in [9.17, 15) is 0 Å². The Morgan fingerprint density at radius 1 is 0.941 bits per heavy atom. The molecule has 0 fully saturated rings. The van der Waals surface area contributed by atoms with E-state index in [1.54, 1.807) is 0 Å². The van der Waals surface area contributed by atoms with Crippen molar-refractivity contribution in [3.63, 3.8) is 0 Å². The fourth-order valence-electron chi connectivity index (χ4n) is 1.73. The van der Waals surface area contributed by atoms with Crippen LogP contribution in [0.15, 0.2) is 61.2 Å². The highest BCUT2D eigenvalue weighted by Gasteiger charge is 2.01. The number of rotatable bonds is 4. The van der Waals surface area contributed by atoms with Crippen LogP contribution in [0.1, 0.15) is 18.1 Å². The van der Waals surface area contributed by atoms with Crippen LogP contribution in [0.3, 0.4) is 0 Å². The summed E-state index contributed by atoms with van der Waals surface area (Å²) in [6.07, 6.45) is 0. The van der Waals surface area contributed by atoms with E-state index in [0.717, 1.165) is 22.4 Å². The Morgan fingerprint density at radius 3 is 2.12 bits per heavy atom. The fourth-order valence-corrected chi connectivity index (χ4v) is 1.73. The van der Waals surface area contributed by atoms with Gasteiger partial charge in [0.25, 0.3) is 0 Å². The summed E-state index contributed by atoms with van der Waals surface area (Å²) in [6.45, 7) is 6.81. The smallest absolute Gasteiger partial charge is 0.119 e. The quantitative estimate of drug-likeness (QED) is 0.758. The number of ether oxygens (including phenoxy) is 1. The van der Waals surface area contributed by atoms with E-state index in [1.807, 2.05) is 49.4 Å². The first kappa shape index (κ1) is 11.5. The van der Waals surface area contributed by atoms with Crippen molar-refractivity contribution in [3.8, 4) is 5.75 Å². The molecule has 0 unspecified atom stereocenters. The molecule has 0 N–H and O–H groups in total. The molecule has 1 nitrogen and oxygen atoms in total. The molecule has 0 saturated carbocycles. The van der Waals surface area contributed by atoms with Gasteiger partial charge in [-0.05, 0) is 35.8 Å². The summed E-state index contributed by atoms with van der Waals surface area (Å²) >= 11 is 0. The minimum absolute atomic E-state index is 0.693. The van der Waals surface area contributed by atoms with Crippen LogP contribution in [0.25, 0.3) is 5.57 Å². The van der Waals surface area contributed by atoms with Gasteiger partial charge in [-0.25, -0.2) is 0 Å². The Morgan fingerprint density at radius 2 is 1.53 bits per heavy atom. The van der Waals surface area contributed by atoms with E-state index >= 15 is 0 Å². The van der Waals surface area contributed by atoms with Crippen LogP contribution in [0.5, 0.6) is 5.75 Å². The Kier molecular flexibility index (Phi) is 3.61. The monoisotopic (exact) mass is 224 g/mol. The molecule has 0 aliphatic rings. The summed E-state index contributed by atoms with van der Waals surface area (Å²) in [6, 6.07) is 18.2. The predicted octanol–water partition coefficient (Wildman–Crippen LogP) is 4.15. The maximum absolute atomic E-state index is 5.42. The Hall–Kier alpha value is -2.02. The highest BCUT2D eigenvalue weighted by Crippen LogP contribution is 2.23. The predicted molar refractivity (Wildman–Crippen MR) is 72.2 cm³/mol. The van der Waals surface area contributed by atoms with E-state index in [4.69, 9.17) is 4.74 Å². The van der Waals surface area contributed by atoms with Crippen molar-refractivity contribution in [2.75, 3.05) is 6.61 Å². The number of hydrogen-bond acceptors (Lipinski definition) is 1. The van der Waals surface area contributed by atoms with Crippen LogP contribution >= 0.6 is 0 Å². The van der Waals surface area contributed by atoms with Crippen LogP contribution in [-0.2, 0) is 0 Å². The zero-order valence-electron chi connectivity index (χ0n) is 10.0. The molecule has 0 amide bonds. The number of benzene rings is 2. The molecule has 2 aromatic rings. The molecule has 0 spiro atoms. The third kappa shape index (κ3) is 2.76. The largest absolute Gasteiger partial charge is 0.494 e. The minimum Gasteiger partial charge on any atom is -0.494 e. The average molecular weight is 224 g/mol. The molecule has 0 aliphatic carbocycles. The van der Waals surface area contributed by atoms with Gasteiger partial charge in [-0.15, -0.1) is 0 Å². The molecule has 0 aliphatic heterocycles. The lowest BCUT2D eigenvalue weighted by Crippen LogP contribution is -1.91. The Labute approximate surface area is 102 Å². The van der Waals surface area contributed by atoms with Crippen molar-refractivity contribution < 1.29 is 4.74 Å². The molecule has 0 aromatic heterocycles. The van der Waals surface area contributed by atoms with Crippen LogP contribution in [0, 0.1) is 0 Å². The van der Waals surface area contributed by atoms with Crippen molar-refractivity contribution in [1.82, 2.24) is 0 Å². The zero-order chi connectivity index (χ0) is 12.1. The van der Waals surface area contributed by atoms with Gasteiger partial charge in [0.15, 0.2) is 0 Å². The average Bonchev–Trinajstić information content (AvgIpc) is 2.40. The molecular weight excluding hydrogens is 208 g/mol. The van der Waals surface area contributed by atoms with Crippen LogP contribution in [0.2, 0.25) is 0 Å². The molecule has 0 atom stereocenters. The number of hydrogen-bond donors (Lipinski definition) is 0. The van der Waals surface area contributed by atoms with E-state index in [-0.39, 0.29) is 0 Å². The highest BCUT2D eigenvalue weighted by molar-refractivity contribution is 5.78. The van der Waals surface area contributed by atoms with Crippen LogP contribution in [-0.4, -0.2) is 6.61 Å². The standard InChI is InChI=1S/C16H16O/c1-3-17-16-11-9-15(10-12-16)13(2)14-7-5-4-6-8-14/h4-12H,2-3H2,1H3. The molecule has 1 heteroatoms. The van der Waals surface area contributed by atoms with E-state index < -0.39 is 0 Å². The summed E-state index contributed by atoms with van der Waals surface area (Å²) in [5.74, 6) is 0.900. The third-order valence-corrected chi connectivity index (χ3v) is 2.64. The summed E-state index contributed by atoms with van der Waals surface area (Å²) in [4.78, 5) is 0. The van der Waals surface area contributed by atoms with E-state index in [1.165, 1.54) is 0 Å². The van der Waals surface area contributed by atoms with Gasteiger partial charge in [-0.1, -0.05) is 49.0 Å². The lowest BCUT2D eigenvalue weighted by molar-refractivity contribution is 0.340. The molecule has 2 aromatic carbocycles. The Bertz CT molecular complexity index is 483. The molecule has 86 valence electrons. The van der Waals surface area contributed by atoms with E-state index in [2.05, 4.69) is 18.7 Å². The molecule has 17 heavy (non-hydrogen) atoms. The lowest BCUT2D eigenvalue weighted by atomic mass is 10.00. The second kappa shape index (κ2) is 5.35. The van der Waals surface area contributed by atoms with Crippen LogP contribution < -0.4 is 4.74 Å². The molecule has 0 saturated heterocycles. The zero-order valence-corrected chi connectivity index (χ0v) is 10.0. The second-order valence-corrected chi connectivity index (χ2v) is 3.80. The maximum atomic E-state index is 5.42. The summed E-state index contributed by atoms with van der Waals surface area (Å²) < 4.78 is 5.42. The van der Waals surface area contributed by atoms with Crippen molar-refractivity contribution in [1.29, 1.82) is 0 Å². The molecule has 0 heterocycles. The van der Waals surface area contributed by atoms with Crippen molar-refractivity contribution in [2.24, 2.45) is 0 Å². The molecule has 2 rings (SSSR count). The fraction of sp³-hybridized carbons (Fsp3) is 0.125. The highest BCUT2D eigenvalue weighted by atomic mass is 16.5. The van der Waals surface area contributed by atoms with Gasteiger partial charge >= 0.3 is 0 Å². The Balaban J connectivity index is 2.20. The summed E-state index contributed by atoms with van der Waals surface area (Å²) in [5.41, 5.74) is 3.31. The van der Waals surface area contributed by atoms with Gasteiger partial charge in [-0.2, -0.15) is 0 Å². The van der Waals surface area contributed by atoms with Gasteiger partial charge < -0.3 is 4.74 Å². The van der Waals surface area contributed by atoms with Gasteiger partial charge in [0.1, 0.15) is 5.75 Å². The molecule has 0 bridgehead atoms. The maximum Gasteiger partial charge on any atom is 0.119 e. The van der Waals surface area contributed by atoms with Gasteiger partial charge in [0.2, 0.25) is 0 Å². The van der Waals surface area contributed by atoms with E-state index in [0.29, 0.717) is 6.61 Å². The summed E-state index contributed by atoms with van der Waals surface area (Å²) in [5, 5.41) is 0. The van der Waals surface area contributed by atoms with Crippen molar-refractivity contribution in [3.05, 3.63) is 72.3 Å². The first-order chi connectivity index (χ1) is 8.31. The lowest BCUT2D eigenvalue weighted by Gasteiger charge is -2.08. The summed E-state index contributed by atoms with van der Waals surface area (Å²) in [7, 11) is 0. The first-order valence-electron chi connectivity index (χ1n) is 5.79. The van der Waals surface area contributed by atoms with Crippen molar-refractivity contribution in [2.45, 2.75) is 6.92 Å². The van der Waals surface area contributed by atoms with Gasteiger partial charge in [0.05, 0.1) is 6.61 Å². The normalized spacial score (nSPS) is 9.94. The first-order valence-corrected chi connectivity index (χ1v) is 5.79. The van der Waals surface area contributed by atoms with Gasteiger partial charge in [-0.3, -0.25) is 0 Å². The third-order valence-electron chi connectivity index (χ3n) is 2.64. The molecule has 0 radical (unpaired) electrons. The molecular formula is C16H16O. The topological polar surface area (TPSA) is 9.23 Å². The van der Waals surface area contributed by atoms with Crippen LogP contribution in [0.4, 0.5) is 0 Å². The minimum atomic E-state index is 0.693. The SMILES string of the molecule is C=C(c1ccccc1)c1ccc(OCC)cc1.